The first kappa shape index (κ1) is 17.0. The molecule has 122 valence electrons. The molecule has 0 saturated carbocycles. The molecule has 2 aromatic rings. The second-order valence-corrected chi connectivity index (χ2v) is 4.99. The van der Waals surface area contributed by atoms with Crippen LogP contribution >= 0.6 is 11.6 Å². The Labute approximate surface area is 139 Å². The highest BCUT2D eigenvalue weighted by Crippen LogP contribution is 2.36. The quantitative estimate of drug-likeness (QED) is 0.752. The fourth-order valence-corrected chi connectivity index (χ4v) is 2.37. The Morgan fingerprint density at radius 2 is 1.70 bits per heavy atom. The number of hydrogen-bond donors (Lipinski definition) is 0. The lowest BCUT2D eigenvalue weighted by Gasteiger charge is -2.12. The van der Waals surface area contributed by atoms with Crippen LogP contribution in [0.25, 0.3) is 0 Å². The minimum Gasteiger partial charge on any atom is -0.496 e. The molecule has 23 heavy (non-hydrogen) atoms. The second kappa shape index (κ2) is 7.74. The van der Waals surface area contributed by atoms with E-state index in [0.29, 0.717) is 17.2 Å². The molecule has 0 heterocycles. The van der Waals surface area contributed by atoms with Crippen molar-refractivity contribution in [3.63, 3.8) is 0 Å². The van der Waals surface area contributed by atoms with Crippen molar-refractivity contribution in [2.75, 3.05) is 21.3 Å². The Morgan fingerprint density at radius 1 is 1.00 bits per heavy atom. The maximum absolute atomic E-state index is 12.2. The lowest BCUT2D eigenvalue weighted by Crippen LogP contribution is -2.07. The van der Waals surface area contributed by atoms with Gasteiger partial charge in [-0.3, -0.25) is 0 Å². The summed E-state index contributed by atoms with van der Waals surface area (Å²) in [5.41, 5.74) is 1.05. The zero-order valence-electron chi connectivity index (χ0n) is 13.1. The third kappa shape index (κ3) is 3.87. The number of ether oxygens (including phenoxy) is 4. The van der Waals surface area contributed by atoms with Crippen LogP contribution in [0.1, 0.15) is 15.9 Å². The molecule has 5 nitrogen and oxygen atoms in total. The van der Waals surface area contributed by atoms with Crippen molar-refractivity contribution < 1.29 is 23.7 Å². The normalized spacial score (nSPS) is 10.1. The van der Waals surface area contributed by atoms with Crippen molar-refractivity contribution in [2.24, 2.45) is 0 Å². The number of benzene rings is 2. The predicted molar refractivity (Wildman–Crippen MR) is 86.7 cm³/mol. The summed E-state index contributed by atoms with van der Waals surface area (Å²) in [7, 11) is 4.51. The van der Waals surface area contributed by atoms with Crippen molar-refractivity contribution in [2.45, 2.75) is 6.61 Å². The molecular formula is C17H17ClO5. The lowest BCUT2D eigenvalue weighted by atomic mass is 10.2. The van der Waals surface area contributed by atoms with E-state index in [2.05, 4.69) is 0 Å². The third-order valence-corrected chi connectivity index (χ3v) is 3.50. The average molecular weight is 337 g/mol. The largest absolute Gasteiger partial charge is 0.496 e. The van der Waals surface area contributed by atoms with Crippen molar-refractivity contribution >= 4 is 17.6 Å². The molecule has 0 aromatic heterocycles. The molecule has 0 fully saturated rings. The van der Waals surface area contributed by atoms with Gasteiger partial charge in [0.2, 0.25) is 0 Å². The number of esters is 1. The molecule has 0 unspecified atom stereocenters. The Hall–Kier alpha value is -2.40. The predicted octanol–water partition coefficient (Wildman–Crippen LogP) is 3.72. The van der Waals surface area contributed by atoms with E-state index in [9.17, 15) is 4.79 Å². The van der Waals surface area contributed by atoms with E-state index in [-0.39, 0.29) is 17.2 Å². The van der Waals surface area contributed by atoms with Crippen LogP contribution in [0.15, 0.2) is 36.4 Å². The highest BCUT2D eigenvalue weighted by atomic mass is 35.5. The monoisotopic (exact) mass is 336 g/mol. The van der Waals surface area contributed by atoms with E-state index in [1.54, 1.807) is 13.2 Å². The molecule has 0 atom stereocenters. The van der Waals surface area contributed by atoms with Gasteiger partial charge in [0.25, 0.3) is 0 Å². The van der Waals surface area contributed by atoms with Gasteiger partial charge in [0.1, 0.15) is 12.4 Å². The highest BCUT2D eigenvalue weighted by molar-refractivity contribution is 6.32. The van der Waals surface area contributed by atoms with Crippen molar-refractivity contribution in [3.8, 4) is 17.2 Å². The number of para-hydroxylation sites is 1. The second-order valence-electron chi connectivity index (χ2n) is 4.58. The minimum absolute atomic E-state index is 0.0921. The number of hydrogen-bond acceptors (Lipinski definition) is 5. The van der Waals surface area contributed by atoms with Gasteiger partial charge in [0, 0.05) is 5.56 Å². The van der Waals surface area contributed by atoms with E-state index in [0.717, 1.165) is 5.56 Å². The van der Waals surface area contributed by atoms with Crippen LogP contribution in [0, 0.1) is 0 Å². The average Bonchev–Trinajstić information content (AvgIpc) is 2.58. The van der Waals surface area contributed by atoms with Crippen LogP contribution in [0.3, 0.4) is 0 Å². The molecule has 0 aliphatic heterocycles. The first-order valence-corrected chi connectivity index (χ1v) is 7.19. The highest BCUT2D eigenvalue weighted by Gasteiger charge is 2.16. The van der Waals surface area contributed by atoms with Crippen LogP contribution < -0.4 is 14.2 Å². The smallest absolute Gasteiger partial charge is 0.338 e. The van der Waals surface area contributed by atoms with Gasteiger partial charge >= 0.3 is 5.97 Å². The topological polar surface area (TPSA) is 54.0 Å². The molecule has 6 heteroatoms. The van der Waals surface area contributed by atoms with Gasteiger partial charge in [0.05, 0.1) is 31.9 Å². The van der Waals surface area contributed by atoms with E-state index in [4.69, 9.17) is 30.5 Å². The number of carbonyl (C=O) groups excluding carboxylic acids is 1. The van der Waals surface area contributed by atoms with E-state index in [1.165, 1.54) is 26.4 Å². The molecule has 0 N–H and O–H groups in total. The Morgan fingerprint density at radius 3 is 2.35 bits per heavy atom. The molecule has 0 bridgehead atoms. The van der Waals surface area contributed by atoms with Gasteiger partial charge in [-0.1, -0.05) is 29.8 Å². The molecule has 0 aliphatic rings. The molecule has 0 radical (unpaired) electrons. The Bertz CT molecular complexity index is 699. The minimum atomic E-state index is -0.515. The molecule has 2 rings (SSSR count). The molecular weight excluding hydrogens is 320 g/mol. The fourth-order valence-electron chi connectivity index (χ4n) is 2.08. The summed E-state index contributed by atoms with van der Waals surface area (Å²) in [6.45, 7) is 0.0921. The zero-order chi connectivity index (χ0) is 16.8. The van der Waals surface area contributed by atoms with Crippen molar-refractivity contribution in [3.05, 3.63) is 52.5 Å². The van der Waals surface area contributed by atoms with Crippen LogP contribution in [0.5, 0.6) is 17.2 Å². The molecule has 2 aromatic carbocycles. The first-order chi connectivity index (χ1) is 11.1. The van der Waals surface area contributed by atoms with Gasteiger partial charge in [-0.25, -0.2) is 4.79 Å². The van der Waals surface area contributed by atoms with Gasteiger partial charge in [0.15, 0.2) is 11.5 Å². The zero-order valence-corrected chi connectivity index (χ0v) is 13.8. The van der Waals surface area contributed by atoms with Gasteiger partial charge < -0.3 is 18.9 Å². The Balaban J connectivity index is 2.16. The van der Waals surface area contributed by atoms with Gasteiger partial charge in [-0.2, -0.15) is 0 Å². The molecule has 0 saturated heterocycles. The number of halogens is 1. The van der Waals surface area contributed by atoms with Crippen LogP contribution in [-0.4, -0.2) is 27.3 Å². The van der Waals surface area contributed by atoms with Gasteiger partial charge in [-0.15, -0.1) is 0 Å². The van der Waals surface area contributed by atoms with Gasteiger partial charge in [-0.05, 0) is 18.2 Å². The van der Waals surface area contributed by atoms with Crippen LogP contribution in [0.4, 0.5) is 0 Å². The molecule has 0 spiro atoms. The van der Waals surface area contributed by atoms with E-state index < -0.39 is 5.97 Å². The van der Waals surface area contributed by atoms with E-state index >= 15 is 0 Å². The third-order valence-electron chi connectivity index (χ3n) is 3.22. The first-order valence-electron chi connectivity index (χ1n) is 6.81. The maximum atomic E-state index is 12.2. The standard InChI is InChI=1S/C17H17ClO5/c1-20-14-7-5-4-6-11(14)10-23-17(19)12-8-13(18)16(22-3)15(9-12)21-2/h4-9H,10H2,1-3H3. The summed E-state index contributed by atoms with van der Waals surface area (Å²) in [6, 6.07) is 10.3. The summed E-state index contributed by atoms with van der Waals surface area (Å²) in [5.74, 6) is 0.879. The van der Waals surface area contributed by atoms with E-state index in [1.807, 2.05) is 18.2 Å². The SMILES string of the molecule is COc1ccccc1COC(=O)c1cc(Cl)c(OC)c(OC)c1. The van der Waals surface area contributed by atoms with Crippen molar-refractivity contribution in [1.82, 2.24) is 0 Å². The summed E-state index contributed by atoms with van der Waals surface area (Å²) in [4.78, 5) is 12.2. The summed E-state index contributed by atoms with van der Waals surface area (Å²) in [6.07, 6.45) is 0. The molecule has 0 aliphatic carbocycles. The number of carbonyl (C=O) groups is 1. The van der Waals surface area contributed by atoms with Crippen molar-refractivity contribution in [1.29, 1.82) is 0 Å². The van der Waals surface area contributed by atoms with Crippen LogP contribution in [-0.2, 0) is 11.3 Å². The fraction of sp³-hybridized carbons (Fsp3) is 0.235. The maximum Gasteiger partial charge on any atom is 0.338 e. The number of rotatable bonds is 6. The van der Waals surface area contributed by atoms with Crippen LogP contribution in [0.2, 0.25) is 5.02 Å². The summed E-state index contributed by atoms with van der Waals surface area (Å²) in [5, 5.41) is 0.274. The number of methoxy groups -OCH3 is 3. The Kier molecular flexibility index (Phi) is 5.71. The summed E-state index contributed by atoms with van der Waals surface area (Å²) >= 11 is 6.09. The molecule has 0 amide bonds. The summed E-state index contributed by atoms with van der Waals surface area (Å²) < 4.78 is 20.8. The lowest BCUT2D eigenvalue weighted by molar-refractivity contribution is 0.0469.